The van der Waals surface area contributed by atoms with Crippen LogP contribution in [0.4, 0.5) is 0 Å². The van der Waals surface area contributed by atoms with E-state index in [1.54, 1.807) is 5.57 Å². The molecule has 0 bridgehead atoms. The minimum absolute atomic E-state index is 0.00610. The van der Waals surface area contributed by atoms with Gasteiger partial charge in [-0.25, -0.2) is 0 Å². The Kier molecular flexibility index (Phi) is 51.6. The maximum absolute atomic E-state index is 10.7. The summed E-state index contributed by atoms with van der Waals surface area (Å²) in [5, 5.41) is 17.6. The van der Waals surface area contributed by atoms with Gasteiger partial charge in [-0.3, -0.25) is 9.80 Å². The van der Waals surface area contributed by atoms with Crippen molar-refractivity contribution in [2.75, 3.05) is 124 Å². The van der Waals surface area contributed by atoms with E-state index in [2.05, 4.69) is 297 Å². The summed E-state index contributed by atoms with van der Waals surface area (Å²) in [5.41, 5.74) is 7.02. The summed E-state index contributed by atoms with van der Waals surface area (Å²) in [6, 6.07) is 0. The smallest absolute Gasteiger partial charge is 0.0720 e. The van der Waals surface area contributed by atoms with Gasteiger partial charge in [-0.05, 0) is 197 Å². The number of nitrogens with one attached hydrogen (secondary N) is 2. The molecule has 9 nitrogen and oxygen atoms in total. The molecule has 4 aliphatic heterocycles. The monoisotopic (exact) mass is 1510 g/mol. The van der Waals surface area contributed by atoms with E-state index in [1.165, 1.54) is 213 Å². The lowest BCUT2D eigenvalue weighted by molar-refractivity contribution is -0.0988. The standard InChI is InChI=1S/C20H41NO.C20H39N.C19H40N2.C16H34N2.C12H26O.C11H23N/c1-18(2,3)12-10-8-7-9-11-15-21-16-13-20(22,14-17-21)19(4,5)6;1-19(2,3)14-10-8-7-9-11-15-21-16-12-18(13-17-21)20(4,5)6;1-17(19(5,6)7)21-16-15-20-14-12-10-8-9-11-13-18(2,3)4;1-15(2,3)7-9-17-11-13-18(14-12-17)10-8-16(4,5)6;1-11(2,3)7-9-13-10-8-12(4,5)6;1-10(2,3)9-7-12(8-9)11(4,5)6/h22H,7-17H2,1-6H3;12H,7-11,13-17H2,1-6H3;20-21H,1,8-16H2,2-7H3;7-14H2,1-6H3;7-10H2,1-6H3;9H,7-8H2,1-6H3. The first-order chi connectivity index (χ1) is 48.4. The normalized spacial score (nSPS) is 17.7. The SMILES string of the molecule is C=C(NCCNCCCCCCCC(C)(C)C)C(C)(C)C.CC(C)(C)C1CN(C(C)(C)C)C1.CC(C)(C)CCCCCCCN1CC=C(C(C)(C)C)CC1.CC(C)(C)CCCCCCCN1CCC(O)(C(C)(C)C)CC1.CC(C)(C)CCN1CCN(CCC(C)(C)C)CC1.CC(C)(C)CCOCCC(C)(C)C. The number of rotatable bonds is 33. The highest BCUT2D eigenvalue weighted by Gasteiger charge is 2.43. The number of hydrogen-bond acceptors (Lipinski definition) is 9. The van der Waals surface area contributed by atoms with Crippen molar-refractivity contribution in [3.8, 4) is 0 Å². The summed E-state index contributed by atoms with van der Waals surface area (Å²) in [6.07, 6.45) is 35.3. The molecule has 3 N–H and O–H groups in total. The zero-order valence-corrected chi connectivity index (χ0v) is 80.6. The third kappa shape index (κ3) is 64.9. The molecule has 4 aliphatic rings. The van der Waals surface area contributed by atoms with Gasteiger partial charge in [0, 0.05) is 108 Å². The fourth-order valence-electron chi connectivity index (χ4n) is 13.3. The number of unbranched alkanes of at least 4 members (excludes halogenated alkanes) is 12. The Morgan fingerprint density at radius 3 is 1.07 bits per heavy atom. The Morgan fingerprint density at radius 2 is 0.748 bits per heavy atom. The minimum Gasteiger partial charge on any atom is -0.389 e. The maximum Gasteiger partial charge on any atom is 0.0720 e. The molecule has 0 spiro atoms. The molecule has 3 saturated heterocycles. The number of piperidine rings is 1. The van der Waals surface area contributed by atoms with E-state index in [4.69, 9.17) is 4.74 Å². The van der Waals surface area contributed by atoms with E-state index in [-0.39, 0.29) is 10.8 Å². The Balaban J connectivity index is 0. The Morgan fingerprint density at radius 1 is 0.402 bits per heavy atom. The summed E-state index contributed by atoms with van der Waals surface area (Å²) < 4.78 is 5.59. The maximum atomic E-state index is 10.7. The summed E-state index contributed by atoms with van der Waals surface area (Å²) in [6.45, 7) is 109. The van der Waals surface area contributed by atoms with Crippen molar-refractivity contribution in [3.05, 3.63) is 23.9 Å². The van der Waals surface area contributed by atoms with Crippen LogP contribution in [0.2, 0.25) is 0 Å². The second-order valence-corrected chi connectivity index (χ2v) is 48.0. The molecule has 4 rings (SSSR count). The minimum atomic E-state index is -0.462. The lowest BCUT2D eigenvalue weighted by atomic mass is 9.71. The fraction of sp³-hybridized carbons (Fsp3) is 0.959. The first-order valence-electron chi connectivity index (χ1n) is 45.2. The summed E-state index contributed by atoms with van der Waals surface area (Å²) in [7, 11) is 0. The molecule has 9 heteroatoms. The molecule has 0 atom stereocenters. The third-order valence-corrected chi connectivity index (χ3v) is 22.8. The van der Waals surface area contributed by atoms with Gasteiger partial charge >= 0.3 is 0 Å². The van der Waals surface area contributed by atoms with E-state index in [0.717, 1.165) is 83.2 Å². The molecule has 0 amide bonds. The highest BCUT2D eigenvalue weighted by Crippen LogP contribution is 2.40. The fourth-order valence-corrected chi connectivity index (χ4v) is 13.3. The van der Waals surface area contributed by atoms with Crippen LogP contribution in [0.15, 0.2) is 23.9 Å². The average molecular weight is 1510 g/mol. The Labute approximate surface area is 676 Å². The van der Waals surface area contributed by atoms with Gasteiger partial charge in [0.2, 0.25) is 0 Å². The number of allylic oxidation sites excluding steroid dienone is 1. The number of nitrogens with zero attached hydrogens (tertiary/aromatic N) is 5. The third-order valence-electron chi connectivity index (χ3n) is 22.8. The van der Waals surface area contributed by atoms with Crippen LogP contribution >= 0.6 is 0 Å². The van der Waals surface area contributed by atoms with E-state index < -0.39 is 5.60 Å². The highest BCUT2D eigenvalue weighted by molar-refractivity contribution is 5.14. The van der Waals surface area contributed by atoms with E-state index >= 15 is 0 Å². The van der Waals surface area contributed by atoms with Crippen LogP contribution in [0.3, 0.4) is 0 Å². The first kappa shape index (κ1) is 108. The van der Waals surface area contributed by atoms with Gasteiger partial charge in [0.05, 0.1) is 5.60 Å². The molecular formula is C98H203N7O2. The van der Waals surface area contributed by atoms with Gasteiger partial charge in [-0.15, -0.1) is 0 Å². The summed E-state index contributed by atoms with van der Waals surface area (Å²) in [5.74, 6) is 0.900. The number of piperazine rings is 1. The van der Waals surface area contributed by atoms with Crippen molar-refractivity contribution >= 4 is 0 Å². The number of likely N-dealkylation sites (tertiary alicyclic amines) is 2. The van der Waals surface area contributed by atoms with Gasteiger partial charge in [0.15, 0.2) is 0 Å². The van der Waals surface area contributed by atoms with E-state index in [9.17, 15) is 5.11 Å². The van der Waals surface area contributed by atoms with Crippen molar-refractivity contribution in [3.63, 3.8) is 0 Å². The van der Waals surface area contributed by atoms with Crippen LogP contribution in [0, 0.1) is 65.5 Å². The molecule has 0 unspecified atom stereocenters. The molecule has 0 aromatic carbocycles. The Hall–Kier alpha value is -1.04. The van der Waals surface area contributed by atoms with Crippen molar-refractivity contribution in [1.29, 1.82) is 0 Å². The van der Waals surface area contributed by atoms with Crippen molar-refractivity contribution < 1.29 is 9.84 Å². The predicted molar refractivity (Wildman–Crippen MR) is 484 cm³/mol. The topological polar surface area (TPSA) is 69.7 Å². The van der Waals surface area contributed by atoms with Gasteiger partial charge in [-0.1, -0.05) is 324 Å². The van der Waals surface area contributed by atoms with Crippen LogP contribution < -0.4 is 10.6 Å². The van der Waals surface area contributed by atoms with Crippen LogP contribution in [-0.4, -0.2) is 165 Å². The van der Waals surface area contributed by atoms with Crippen molar-refractivity contribution in [2.24, 2.45) is 65.5 Å². The van der Waals surface area contributed by atoms with Crippen molar-refractivity contribution in [1.82, 2.24) is 35.1 Å². The molecule has 0 aromatic rings. The first-order valence-corrected chi connectivity index (χ1v) is 45.2. The largest absolute Gasteiger partial charge is 0.389 e. The molecule has 642 valence electrons. The van der Waals surface area contributed by atoms with Crippen LogP contribution in [-0.2, 0) is 4.74 Å². The molecule has 3 fully saturated rings. The van der Waals surface area contributed by atoms with Crippen LogP contribution in [0.5, 0.6) is 0 Å². The molecule has 0 radical (unpaired) electrons. The highest BCUT2D eigenvalue weighted by atomic mass is 16.5. The molecule has 0 aliphatic carbocycles. The van der Waals surface area contributed by atoms with E-state index in [1.807, 2.05) is 0 Å². The molecule has 0 saturated carbocycles. The summed E-state index contributed by atoms with van der Waals surface area (Å²) >= 11 is 0. The zero-order valence-electron chi connectivity index (χ0n) is 80.6. The van der Waals surface area contributed by atoms with Crippen LogP contribution in [0.25, 0.3) is 0 Å². The lowest BCUT2D eigenvalue weighted by Gasteiger charge is -2.52. The molecular weight excluding hydrogens is 1310 g/mol. The zero-order chi connectivity index (χ0) is 83.1. The summed E-state index contributed by atoms with van der Waals surface area (Å²) in [4.78, 5) is 13.0. The van der Waals surface area contributed by atoms with Gasteiger partial charge < -0.3 is 35.2 Å². The average Bonchev–Trinajstić information content (AvgIpc) is 0.796. The second kappa shape index (κ2) is 51.1. The molecule has 107 heavy (non-hydrogen) atoms. The van der Waals surface area contributed by atoms with Gasteiger partial charge in [0.25, 0.3) is 0 Å². The predicted octanol–water partition coefficient (Wildman–Crippen LogP) is 26.5. The molecule has 4 heterocycles. The van der Waals surface area contributed by atoms with Gasteiger partial charge in [-0.2, -0.15) is 0 Å². The number of ether oxygens (including phenoxy) is 1. The second-order valence-electron chi connectivity index (χ2n) is 48.0. The quantitative estimate of drug-likeness (QED) is 0.0440. The van der Waals surface area contributed by atoms with Gasteiger partial charge in [0.1, 0.15) is 0 Å². The van der Waals surface area contributed by atoms with E-state index in [0.29, 0.717) is 54.3 Å². The number of aliphatic hydroxyl groups is 1. The van der Waals surface area contributed by atoms with Crippen molar-refractivity contribution in [2.45, 2.75) is 421 Å². The Bertz CT molecular complexity index is 2130. The number of hydrogen-bond donors (Lipinski definition) is 3. The lowest BCUT2D eigenvalue weighted by Crippen LogP contribution is -2.59. The molecule has 0 aromatic heterocycles. The van der Waals surface area contributed by atoms with Crippen LogP contribution in [0.1, 0.15) is 410 Å².